The van der Waals surface area contributed by atoms with Crippen molar-refractivity contribution in [2.24, 2.45) is 0 Å². The number of hydrogen-bond acceptors (Lipinski definition) is 2. The molecule has 6 heteroatoms. The maximum absolute atomic E-state index is 13.2. The predicted molar refractivity (Wildman–Crippen MR) is 73.1 cm³/mol. The van der Waals surface area contributed by atoms with Gasteiger partial charge in [-0.25, -0.2) is 13.2 Å². The third-order valence-corrected chi connectivity index (χ3v) is 3.05. The minimum absolute atomic E-state index is 0.150. The van der Waals surface area contributed by atoms with Gasteiger partial charge < -0.3 is 11.1 Å². The first-order chi connectivity index (χ1) is 9.88. The minimum atomic E-state index is -1.15. The molecule has 1 atom stereocenters. The summed E-state index contributed by atoms with van der Waals surface area (Å²) in [5.74, 6) is -3.29. The molecule has 0 spiro atoms. The number of carbonyl (C=O) groups is 1. The second-order valence-electron chi connectivity index (χ2n) is 4.60. The molecule has 110 valence electrons. The second-order valence-corrected chi connectivity index (χ2v) is 4.60. The summed E-state index contributed by atoms with van der Waals surface area (Å²) < 4.78 is 39.0. The van der Waals surface area contributed by atoms with Crippen LogP contribution in [0.5, 0.6) is 0 Å². The molecule has 1 amide bonds. The molecule has 2 rings (SSSR count). The Hall–Kier alpha value is -2.50. The summed E-state index contributed by atoms with van der Waals surface area (Å²) in [6.07, 6.45) is 0. The van der Waals surface area contributed by atoms with Crippen LogP contribution in [0.1, 0.15) is 28.9 Å². The van der Waals surface area contributed by atoms with Gasteiger partial charge in [0.1, 0.15) is 5.82 Å². The summed E-state index contributed by atoms with van der Waals surface area (Å²) >= 11 is 0. The lowest BCUT2D eigenvalue weighted by Gasteiger charge is -2.15. The van der Waals surface area contributed by atoms with E-state index in [1.807, 2.05) is 0 Å². The van der Waals surface area contributed by atoms with Crippen LogP contribution in [0.4, 0.5) is 18.9 Å². The fourth-order valence-corrected chi connectivity index (χ4v) is 1.87. The number of nitrogens with one attached hydrogen (secondary N) is 1. The lowest BCUT2D eigenvalue weighted by molar-refractivity contribution is 0.0940. The van der Waals surface area contributed by atoms with E-state index in [4.69, 9.17) is 5.73 Å². The van der Waals surface area contributed by atoms with Gasteiger partial charge in [0, 0.05) is 11.8 Å². The van der Waals surface area contributed by atoms with E-state index >= 15 is 0 Å². The van der Waals surface area contributed by atoms with Gasteiger partial charge in [-0.05, 0) is 30.7 Å². The van der Waals surface area contributed by atoms with Gasteiger partial charge in [0.2, 0.25) is 0 Å². The zero-order valence-corrected chi connectivity index (χ0v) is 11.2. The van der Waals surface area contributed by atoms with Crippen molar-refractivity contribution >= 4 is 11.6 Å². The Labute approximate surface area is 119 Å². The van der Waals surface area contributed by atoms with Crippen molar-refractivity contribution in [3.63, 3.8) is 0 Å². The van der Waals surface area contributed by atoms with Crippen molar-refractivity contribution in [2.45, 2.75) is 13.0 Å². The van der Waals surface area contributed by atoms with Crippen LogP contribution in [0.3, 0.4) is 0 Å². The highest BCUT2D eigenvalue weighted by atomic mass is 19.2. The predicted octanol–water partition coefficient (Wildman–Crippen LogP) is 3.18. The van der Waals surface area contributed by atoms with Crippen LogP contribution in [0, 0.1) is 17.5 Å². The Morgan fingerprint density at radius 2 is 1.67 bits per heavy atom. The van der Waals surface area contributed by atoms with Gasteiger partial charge in [0.05, 0.1) is 11.6 Å². The van der Waals surface area contributed by atoms with Gasteiger partial charge in [0.25, 0.3) is 5.91 Å². The molecule has 0 saturated carbocycles. The molecule has 2 aromatic rings. The summed E-state index contributed by atoms with van der Waals surface area (Å²) in [5, 5.41) is 2.59. The fourth-order valence-electron chi connectivity index (χ4n) is 1.87. The van der Waals surface area contributed by atoms with Crippen LogP contribution in [-0.4, -0.2) is 5.91 Å². The van der Waals surface area contributed by atoms with Gasteiger partial charge >= 0.3 is 0 Å². The molecule has 0 saturated heterocycles. The SMILES string of the molecule is CC(NC(=O)c1cc(F)c(F)cc1N)c1ccc(F)cc1. The molecule has 21 heavy (non-hydrogen) atoms. The summed E-state index contributed by atoms with van der Waals surface area (Å²) in [4.78, 5) is 12.0. The molecule has 0 fully saturated rings. The zero-order valence-electron chi connectivity index (χ0n) is 11.2. The number of carbonyl (C=O) groups excluding carboxylic acids is 1. The van der Waals surface area contributed by atoms with Crippen LogP contribution in [0.15, 0.2) is 36.4 Å². The maximum Gasteiger partial charge on any atom is 0.253 e. The Bertz CT molecular complexity index is 671. The van der Waals surface area contributed by atoms with Gasteiger partial charge in [-0.2, -0.15) is 0 Å². The van der Waals surface area contributed by atoms with Crippen LogP contribution >= 0.6 is 0 Å². The molecule has 2 aromatic carbocycles. The van der Waals surface area contributed by atoms with Crippen molar-refractivity contribution in [1.82, 2.24) is 5.32 Å². The Morgan fingerprint density at radius 3 is 2.29 bits per heavy atom. The number of halogens is 3. The van der Waals surface area contributed by atoms with Gasteiger partial charge in [-0.15, -0.1) is 0 Å². The van der Waals surface area contributed by atoms with E-state index in [2.05, 4.69) is 5.32 Å². The van der Waals surface area contributed by atoms with Gasteiger partial charge in [0.15, 0.2) is 11.6 Å². The first kappa shape index (κ1) is 14.9. The average Bonchev–Trinajstić information content (AvgIpc) is 2.43. The molecular weight excluding hydrogens is 281 g/mol. The van der Waals surface area contributed by atoms with Crippen molar-refractivity contribution in [2.75, 3.05) is 5.73 Å². The molecule has 0 aliphatic rings. The first-order valence-corrected chi connectivity index (χ1v) is 6.19. The third-order valence-electron chi connectivity index (χ3n) is 3.05. The number of nitrogens with two attached hydrogens (primary N) is 1. The Morgan fingerprint density at radius 1 is 1.10 bits per heavy atom. The number of anilines is 1. The lowest BCUT2D eigenvalue weighted by Crippen LogP contribution is -2.27. The smallest absolute Gasteiger partial charge is 0.253 e. The van der Waals surface area contributed by atoms with Gasteiger partial charge in [-0.3, -0.25) is 4.79 Å². The van der Waals surface area contributed by atoms with Crippen molar-refractivity contribution < 1.29 is 18.0 Å². The number of rotatable bonds is 3. The molecular formula is C15H13F3N2O. The summed E-state index contributed by atoms with van der Waals surface area (Å²) in [6, 6.07) is 6.65. The molecule has 0 radical (unpaired) electrons. The molecule has 3 N–H and O–H groups in total. The van der Waals surface area contributed by atoms with E-state index in [1.165, 1.54) is 24.3 Å². The van der Waals surface area contributed by atoms with Crippen molar-refractivity contribution in [3.05, 3.63) is 65.0 Å². The number of hydrogen-bond donors (Lipinski definition) is 2. The number of benzene rings is 2. The molecule has 0 aliphatic carbocycles. The number of amides is 1. The topological polar surface area (TPSA) is 55.1 Å². The number of nitrogen functional groups attached to an aromatic ring is 1. The molecule has 0 bridgehead atoms. The average molecular weight is 294 g/mol. The minimum Gasteiger partial charge on any atom is -0.398 e. The van der Waals surface area contributed by atoms with E-state index in [0.717, 1.165) is 12.1 Å². The van der Waals surface area contributed by atoms with Crippen molar-refractivity contribution in [1.29, 1.82) is 0 Å². The molecule has 3 nitrogen and oxygen atoms in total. The second kappa shape index (κ2) is 5.87. The van der Waals surface area contributed by atoms with Crippen LogP contribution in [0.2, 0.25) is 0 Å². The van der Waals surface area contributed by atoms with Crippen molar-refractivity contribution in [3.8, 4) is 0 Å². The van der Waals surface area contributed by atoms with Crippen LogP contribution in [-0.2, 0) is 0 Å². The monoisotopic (exact) mass is 294 g/mol. The van der Waals surface area contributed by atoms with Crippen LogP contribution < -0.4 is 11.1 Å². The lowest BCUT2D eigenvalue weighted by atomic mass is 10.1. The van der Waals surface area contributed by atoms with Crippen LogP contribution in [0.25, 0.3) is 0 Å². The van der Waals surface area contributed by atoms with E-state index in [0.29, 0.717) is 5.56 Å². The highest BCUT2D eigenvalue weighted by molar-refractivity contribution is 5.99. The maximum atomic E-state index is 13.2. The van der Waals surface area contributed by atoms with E-state index in [-0.39, 0.29) is 17.1 Å². The fraction of sp³-hybridized carbons (Fsp3) is 0.133. The highest BCUT2D eigenvalue weighted by Gasteiger charge is 2.16. The largest absolute Gasteiger partial charge is 0.398 e. The molecule has 0 aliphatic heterocycles. The van der Waals surface area contributed by atoms with E-state index in [1.54, 1.807) is 6.92 Å². The quantitative estimate of drug-likeness (QED) is 0.854. The van der Waals surface area contributed by atoms with Gasteiger partial charge in [-0.1, -0.05) is 12.1 Å². The first-order valence-electron chi connectivity index (χ1n) is 6.19. The summed E-state index contributed by atoms with van der Waals surface area (Å²) in [7, 11) is 0. The Balaban J connectivity index is 2.18. The Kier molecular flexibility index (Phi) is 4.16. The summed E-state index contributed by atoms with van der Waals surface area (Å²) in [5.41, 5.74) is 5.88. The molecule has 0 aromatic heterocycles. The standard InChI is InChI=1S/C15H13F3N2O/c1-8(9-2-4-10(16)5-3-9)20-15(21)11-6-12(17)13(18)7-14(11)19/h2-8H,19H2,1H3,(H,20,21). The molecule has 1 unspecified atom stereocenters. The third kappa shape index (κ3) is 3.34. The highest BCUT2D eigenvalue weighted by Crippen LogP contribution is 2.19. The van der Waals surface area contributed by atoms with E-state index < -0.39 is 23.6 Å². The zero-order chi connectivity index (χ0) is 15.6. The molecule has 0 heterocycles. The normalized spacial score (nSPS) is 12.0. The summed E-state index contributed by atoms with van der Waals surface area (Å²) in [6.45, 7) is 1.68. The van der Waals surface area contributed by atoms with E-state index in [9.17, 15) is 18.0 Å².